The molecule has 0 atom stereocenters. The van der Waals surface area contributed by atoms with Gasteiger partial charge in [-0.2, -0.15) is 0 Å². The molecule has 19 heavy (non-hydrogen) atoms. The lowest BCUT2D eigenvalue weighted by Gasteiger charge is -2.07. The molecule has 0 unspecified atom stereocenters. The number of rotatable bonds is 3. The van der Waals surface area contributed by atoms with Gasteiger partial charge in [-0.15, -0.1) is 0 Å². The van der Waals surface area contributed by atoms with E-state index >= 15 is 0 Å². The second kappa shape index (κ2) is 5.32. The highest BCUT2D eigenvalue weighted by Crippen LogP contribution is 2.17. The molecule has 0 aliphatic rings. The molecule has 0 saturated heterocycles. The van der Waals surface area contributed by atoms with E-state index in [1.165, 1.54) is 10.6 Å². The Kier molecular flexibility index (Phi) is 3.76. The number of nitrogens with one attached hydrogen (secondary N) is 1. The molecule has 0 saturated carbocycles. The van der Waals surface area contributed by atoms with Gasteiger partial charge in [0.2, 0.25) is 0 Å². The van der Waals surface area contributed by atoms with Crippen LogP contribution in [0.15, 0.2) is 35.4 Å². The van der Waals surface area contributed by atoms with Crippen LogP contribution in [0.5, 0.6) is 0 Å². The fourth-order valence-electron chi connectivity index (χ4n) is 1.73. The molecular weight excluding hydrogens is 266 g/mol. The van der Waals surface area contributed by atoms with Crippen LogP contribution in [-0.2, 0) is 13.6 Å². The highest BCUT2D eigenvalue weighted by Gasteiger charge is 2.13. The number of aryl methyl sites for hydroxylation is 2. The first-order chi connectivity index (χ1) is 9.02. The number of nitrogens with zero attached hydrogens (tertiary/aromatic N) is 2. The van der Waals surface area contributed by atoms with Crippen LogP contribution in [-0.4, -0.2) is 15.0 Å². The Morgan fingerprint density at radius 3 is 2.68 bits per heavy atom. The lowest BCUT2D eigenvalue weighted by Crippen LogP contribution is -2.19. The van der Waals surface area contributed by atoms with E-state index in [2.05, 4.69) is 5.32 Å². The van der Waals surface area contributed by atoms with Crippen LogP contribution in [0.3, 0.4) is 0 Å². The maximum Gasteiger partial charge on any atom is 0.258 e. The normalized spacial score (nSPS) is 10.5. The molecule has 2 heterocycles. The van der Waals surface area contributed by atoms with E-state index in [1.54, 1.807) is 36.1 Å². The average Bonchev–Trinajstić information content (AvgIpc) is 2.72. The van der Waals surface area contributed by atoms with Crippen molar-refractivity contribution in [3.63, 3.8) is 0 Å². The number of hydrogen-bond acceptors (Lipinski definition) is 2. The molecule has 5 nitrogen and oxygen atoms in total. The summed E-state index contributed by atoms with van der Waals surface area (Å²) in [5.74, 6) is -0.299. The second-order valence-electron chi connectivity index (χ2n) is 4.13. The third-order valence-electron chi connectivity index (χ3n) is 2.82. The molecule has 0 fully saturated rings. The van der Waals surface area contributed by atoms with E-state index in [4.69, 9.17) is 11.6 Å². The second-order valence-corrected chi connectivity index (χ2v) is 4.49. The maximum absolute atomic E-state index is 12.0. The summed E-state index contributed by atoms with van der Waals surface area (Å²) in [6, 6.07) is 4.64. The first-order valence-corrected chi connectivity index (χ1v) is 6.23. The largest absolute Gasteiger partial charge is 0.341 e. The highest BCUT2D eigenvalue weighted by molar-refractivity contribution is 6.33. The Balaban J connectivity index is 2.24. The van der Waals surface area contributed by atoms with Crippen molar-refractivity contribution in [2.75, 3.05) is 5.32 Å². The molecule has 1 N–H and O–H groups in total. The van der Waals surface area contributed by atoms with E-state index in [-0.39, 0.29) is 11.5 Å². The predicted molar refractivity (Wildman–Crippen MR) is 74.8 cm³/mol. The van der Waals surface area contributed by atoms with Crippen molar-refractivity contribution < 1.29 is 4.79 Å². The summed E-state index contributed by atoms with van der Waals surface area (Å²) in [4.78, 5) is 23.5. The van der Waals surface area contributed by atoms with Gasteiger partial charge >= 0.3 is 0 Å². The van der Waals surface area contributed by atoms with Gasteiger partial charge in [0.25, 0.3) is 11.5 Å². The van der Waals surface area contributed by atoms with Crippen LogP contribution in [0.25, 0.3) is 0 Å². The lowest BCUT2D eigenvalue weighted by atomic mass is 10.3. The van der Waals surface area contributed by atoms with E-state index in [1.807, 2.05) is 6.92 Å². The van der Waals surface area contributed by atoms with Gasteiger partial charge in [0, 0.05) is 32.1 Å². The van der Waals surface area contributed by atoms with Crippen LogP contribution in [0.2, 0.25) is 5.15 Å². The van der Waals surface area contributed by atoms with E-state index in [0.29, 0.717) is 22.9 Å². The smallest absolute Gasteiger partial charge is 0.258 e. The minimum Gasteiger partial charge on any atom is -0.341 e. The van der Waals surface area contributed by atoms with Gasteiger partial charge in [0.1, 0.15) is 5.15 Å². The molecule has 0 aliphatic heterocycles. The first kappa shape index (κ1) is 13.4. The standard InChI is InChI=1S/C13H14ClN3O2/c1-3-17-8-9(4-5-11(17)18)15-13(19)10-6-7-16(2)12(10)14/h4-8H,3H2,1-2H3,(H,15,19). The third-order valence-corrected chi connectivity index (χ3v) is 3.29. The zero-order valence-electron chi connectivity index (χ0n) is 10.7. The average molecular weight is 280 g/mol. The van der Waals surface area contributed by atoms with Crippen molar-refractivity contribution in [3.8, 4) is 0 Å². The summed E-state index contributed by atoms with van der Waals surface area (Å²) in [6.45, 7) is 2.41. The minimum atomic E-state index is -0.299. The molecule has 0 bridgehead atoms. The molecular formula is C13H14ClN3O2. The van der Waals surface area contributed by atoms with E-state index < -0.39 is 0 Å². The van der Waals surface area contributed by atoms with Crippen molar-refractivity contribution in [3.05, 3.63) is 51.7 Å². The van der Waals surface area contributed by atoms with Gasteiger partial charge in [-0.05, 0) is 19.1 Å². The van der Waals surface area contributed by atoms with Gasteiger partial charge in [-0.25, -0.2) is 0 Å². The number of hydrogen-bond donors (Lipinski definition) is 1. The van der Waals surface area contributed by atoms with Crippen LogP contribution < -0.4 is 10.9 Å². The Labute approximate surface area is 115 Å². The number of halogens is 1. The van der Waals surface area contributed by atoms with Crippen LogP contribution in [0.4, 0.5) is 5.69 Å². The van der Waals surface area contributed by atoms with Gasteiger partial charge in [-0.3, -0.25) is 9.59 Å². The van der Waals surface area contributed by atoms with Crippen molar-refractivity contribution >= 4 is 23.2 Å². The molecule has 0 aromatic carbocycles. The van der Waals surface area contributed by atoms with Crippen LogP contribution >= 0.6 is 11.6 Å². The molecule has 1 amide bonds. The molecule has 0 aliphatic carbocycles. The maximum atomic E-state index is 12.0. The lowest BCUT2D eigenvalue weighted by molar-refractivity contribution is 0.102. The zero-order chi connectivity index (χ0) is 14.0. The van der Waals surface area contributed by atoms with Crippen LogP contribution in [0, 0.1) is 0 Å². The Morgan fingerprint density at radius 1 is 1.37 bits per heavy atom. The molecule has 100 valence electrons. The fraction of sp³-hybridized carbons (Fsp3) is 0.231. The number of aromatic nitrogens is 2. The summed E-state index contributed by atoms with van der Waals surface area (Å²) in [6.07, 6.45) is 3.32. The Hall–Kier alpha value is -2.01. The first-order valence-electron chi connectivity index (χ1n) is 5.85. The monoisotopic (exact) mass is 279 g/mol. The van der Waals surface area contributed by atoms with Gasteiger partial charge in [0.15, 0.2) is 0 Å². The quantitative estimate of drug-likeness (QED) is 0.935. The predicted octanol–water partition coefficient (Wildman–Crippen LogP) is 2.11. The summed E-state index contributed by atoms with van der Waals surface area (Å²) in [5, 5.41) is 3.09. The van der Waals surface area contributed by atoms with Crippen LogP contribution in [0.1, 0.15) is 17.3 Å². The molecule has 2 aromatic rings. The summed E-state index contributed by atoms with van der Waals surface area (Å²) < 4.78 is 3.17. The summed E-state index contributed by atoms with van der Waals surface area (Å²) >= 11 is 6.00. The molecule has 2 aromatic heterocycles. The molecule has 6 heteroatoms. The fourth-order valence-corrected chi connectivity index (χ4v) is 1.94. The Morgan fingerprint density at radius 2 is 2.11 bits per heavy atom. The van der Waals surface area contributed by atoms with Crippen molar-refractivity contribution in [1.29, 1.82) is 0 Å². The summed E-state index contributed by atoms with van der Waals surface area (Å²) in [5.41, 5.74) is 0.864. The Bertz CT molecular complexity index is 673. The SMILES string of the molecule is CCn1cc(NC(=O)c2ccn(C)c2Cl)ccc1=O. The van der Waals surface area contributed by atoms with E-state index in [0.717, 1.165) is 0 Å². The van der Waals surface area contributed by atoms with Crippen molar-refractivity contribution in [1.82, 2.24) is 9.13 Å². The van der Waals surface area contributed by atoms with Gasteiger partial charge < -0.3 is 14.5 Å². The molecule has 2 rings (SSSR count). The van der Waals surface area contributed by atoms with E-state index in [9.17, 15) is 9.59 Å². The topological polar surface area (TPSA) is 56.0 Å². The molecule has 0 spiro atoms. The number of pyridine rings is 1. The number of carbonyl (C=O) groups is 1. The zero-order valence-corrected chi connectivity index (χ0v) is 11.4. The van der Waals surface area contributed by atoms with Crippen molar-refractivity contribution in [2.45, 2.75) is 13.5 Å². The highest BCUT2D eigenvalue weighted by atomic mass is 35.5. The number of amides is 1. The third kappa shape index (κ3) is 2.71. The summed E-state index contributed by atoms with van der Waals surface area (Å²) in [7, 11) is 1.76. The van der Waals surface area contributed by atoms with Gasteiger partial charge in [0.05, 0.1) is 11.3 Å². The van der Waals surface area contributed by atoms with Gasteiger partial charge in [-0.1, -0.05) is 11.6 Å². The number of carbonyl (C=O) groups excluding carboxylic acids is 1. The minimum absolute atomic E-state index is 0.0988. The van der Waals surface area contributed by atoms with Crippen molar-refractivity contribution in [2.24, 2.45) is 7.05 Å². The molecule has 0 radical (unpaired) electrons. The number of anilines is 1.